The maximum atomic E-state index is 7.25. The number of anilines is 12. The molecule has 0 N–H and O–H groups in total. The van der Waals surface area contributed by atoms with Crippen molar-refractivity contribution in [2.75, 3.05) is 19.6 Å². The Hall–Kier alpha value is -8.61. The highest BCUT2D eigenvalue weighted by Gasteiger charge is 2.52. The highest BCUT2D eigenvalue weighted by atomic mass is 16.5. The summed E-state index contributed by atoms with van der Waals surface area (Å²) >= 11 is 0. The second kappa shape index (κ2) is 13.5. The molecule has 0 aromatic heterocycles. The predicted octanol–water partition coefficient (Wildman–Crippen LogP) is 8.79. The van der Waals surface area contributed by atoms with E-state index in [9.17, 15) is 0 Å². The lowest BCUT2D eigenvalue weighted by Crippen LogP contribution is -2.69. The molecule has 6 aliphatic rings. The molecule has 312 valence electrons. The van der Waals surface area contributed by atoms with Crippen molar-refractivity contribution < 1.29 is 4.74 Å². The van der Waals surface area contributed by atoms with E-state index >= 15 is 0 Å². The van der Waals surface area contributed by atoms with Crippen LogP contribution in [0.5, 0.6) is 11.5 Å². The quantitative estimate of drug-likeness (QED) is 0.165. The molecule has 0 amide bonds. The van der Waals surface area contributed by atoms with E-state index in [1.807, 2.05) is 0 Å². The Labute approximate surface area is 396 Å². The Balaban J connectivity index is 1.02. The molecule has 0 saturated carbocycles. The first-order valence-electron chi connectivity index (χ1n) is 23.7. The Morgan fingerprint density at radius 2 is 0.647 bits per heavy atom. The molecule has 0 radical (unpaired) electrons. The smallest absolute Gasteiger partial charge is 0.256 e. The zero-order valence-corrected chi connectivity index (χ0v) is 36.8. The Kier molecular flexibility index (Phi) is 7.26. The van der Waals surface area contributed by atoms with Crippen LogP contribution in [0.15, 0.2) is 224 Å². The number of nitrogens with zero attached hydrogens (tertiary/aromatic N) is 4. The zero-order valence-electron chi connectivity index (χ0n) is 36.8. The highest BCUT2D eigenvalue weighted by molar-refractivity contribution is 7.05. The van der Waals surface area contributed by atoms with E-state index in [2.05, 4.69) is 244 Å². The van der Waals surface area contributed by atoms with Gasteiger partial charge in [0.25, 0.3) is 20.1 Å². The summed E-state index contributed by atoms with van der Waals surface area (Å²) in [5, 5.41) is 0. The summed E-state index contributed by atoms with van der Waals surface area (Å²) in [5.74, 6) is 1.79. The molecule has 68 heavy (non-hydrogen) atoms. The minimum absolute atomic E-state index is 0.0320. The van der Waals surface area contributed by atoms with Gasteiger partial charge in [-0.05, 0) is 128 Å². The molecule has 0 spiro atoms. The van der Waals surface area contributed by atoms with Crippen molar-refractivity contribution in [1.29, 1.82) is 0 Å². The average molecular weight is 862 g/mol. The molecule has 6 aliphatic heterocycles. The first-order chi connectivity index (χ1) is 33.8. The molecule has 0 unspecified atom stereocenters. The summed E-state index contributed by atoms with van der Waals surface area (Å²) in [5.41, 5.74) is 25.8. The second-order valence-corrected chi connectivity index (χ2v) is 18.7. The van der Waals surface area contributed by atoms with E-state index in [0.29, 0.717) is 0 Å². The van der Waals surface area contributed by atoms with Gasteiger partial charge in [-0.2, -0.15) is 0 Å². The average Bonchev–Trinajstić information content (AvgIpc) is 3.40. The van der Waals surface area contributed by atoms with Crippen molar-refractivity contribution in [1.82, 2.24) is 0 Å². The zero-order chi connectivity index (χ0) is 44.2. The van der Waals surface area contributed by atoms with Gasteiger partial charge in [-0.3, -0.25) is 0 Å². The van der Waals surface area contributed by atoms with Crippen molar-refractivity contribution in [3.63, 3.8) is 0 Å². The van der Waals surface area contributed by atoms with Gasteiger partial charge in [0.15, 0.2) is 0 Å². The third-order valence-electron chi connectivity index (χ3n) is 15.4. The number of rotatable bonds is 3. The third kappa shape index (κ3) is 4.68. The van der Waals surface area contributed by atoms with Crippen LogP contribution in [0.2, 0.25) is 0 Å². The minimum atomic E-state index is -0.0671. The monoisotopic (exact) mass is 862 g/mol. The van der Waals surface area contributed by atoms with Crippen LogP contribution in [0, 0.1) is 0 Å². The Bertz CT molecular complexity index is 3780. The standard InChI is InChI=1S/C60H37B3N4O/c1-4-19-38(20-5-1)64-47-29-14-11-26-42(47)63-46-35-45-52(37-56(46)68-55-34-18-33-51(64)57(55)63)66(40-23-8-3-9-24-40)54-36-53-58-60-59(54)62(45)44-28-13-17-32-50(44)67(60)49-31-16-12-27-43(49)61(58)41-25-10-15-30-48(41)65(53)39-21-6-2-7-22-39/h1-37H. The largest absolute Gasteiger partial charge is 0.458 e. The summed E-state index contributed by atoms with van der Waals surface area (Å²) < 4.78 is 7.25. The maximum absolute atomic E-state index is 7.25. The molecule has 0 atom stereocenters. The van der Waals surface area contributed by atoms with Crippen LogP contribution in [0.3, 0.4) is 0 Å². The molecular formula is C60H37B3N4O. The number of ether oxygens (including phenoxy) is 1. The molecule has 6 heterocycles. The normalized spacial score (nSPS) is 14.4. The second-order valence-electron chi connectivity index (χ2n) is 18.7. The number of para-hydroxylation sites is 7. The molecule has 5 nitrogen and oxygen atoms in total. The Morgan fingerprint density at radius 1 is 0.250 bits per heavy atom. The van der Waals surface area contributed by atoms with Crippen LogP contribution >= 0.6 is 0 Å². The number of fused-ring (bicyclic) bond motifs is 14. The SMILES string of the molecule is c1ccc(N2c3ccccc3B3c4cc5c(cc4Oc4cccc2c43)N(c2ccccc2)c2cc3c4c6c2B5c2ccccc2N6c2ccccc2B4c2ccccc2N3c2ccccc2)cc1. The fourth-order valence-electron chi connectivity index (χ4n) is 12.9. The highest BCUT2D eigenvalue weighted by Crippen LogP contribution is 2.50. The molecule has 0 fully saturated rings. The Morgan fingerprint density at radius 3 is 1.16 bits per heavy atom. The maximum Gasteiger partial charge on any atom is 0.256 e. The van der Waals surface area contributed by atoms with Gasteiger partial charge in [-0.1, -0.05) is 140 Å². The van der Waals surface area contributed by atoms with Gasteiger partial charge >= 0.3 is 0 Å². The lowest BCUT2D eigenvalue weighted by molar-refractivity contribution is 0.488. The van der Waals surface area contributed by atoms with Crippen molar-refractivity contribution in [2.45, 2.75) is 0 Å². The van der Waals surface area contributed by atoms with Crippen molar-refractivity contribution in [3.8, 4) is 11.5 Å². The van der Waals surface area contributed by atoms with E-state index in [4.69, 9.17) is 4.74 Å². The third-order valence-corrected chi connectivity index (χ3v) is 15.4. The van der Waals surface area contributed by atoms with Crippen LogP contribution in [-0.4, -0.2) is 20.1 Å². The van der Waals surface area contributed by atoms with Crippen LogP contribution in [0.1, 0.15) is 0 Å². The van der Waals surface area contributed by atoms with Crippen LogP contribution in [0.25, 0.3) is 0 Å². The van der Waals surface area contributed by atoms with Gasteiger partial charge < -0.3 is 24.3 Å². The van der Waals surface area contributed by atoms with E-state index in [1.54, 1.807) is 0 Å². The summed E-state index contributed by atoms with van der Waals surface area (Å²) in [6, 6.07) is 83.0. The van der Waals surface area contributed by atoms with Gasteiger partial charge in [0.2, 0.25) is 0 Å². The van der Waals surface area contributed by atoms with Crippen LogP contribution in [-0.2, 0) is 0 Å². The molecule has 10 aromatic rings. The lowest BCUT2D eigenvalue weighted by Gasteiger charge is -2.51. The van der Waals surface area contributed by atoms with Gasteiger partial charge in [0, 0.05) is 74.3 Å². The number of hydrogen-bond donors (Lipinski definition) is 0. The number of hydrogen-bond acceptors (Lipinski definition) is 5. The van der Waals surface area contributed by atoms with E-state index in [1.165, 1.54) is 89.0 Å². The van der Waals surface area contributed by atoms with E-state index in [-0.39, 0.29) is 20.1 Å². The van der Waals surface area contributed by atoms with Gasteiger partial charge in [0.05, 0.1) is 0 Å². The van der Waals surface area contributed by atoms with Crippen LogP contribution in [0.4, 0.5) is 68.2 Å². The van der Waals surface area contributed by atoms with Gasteiger partial charge in [-0.25, -0.2) is 0 Å². The molecule has 10 aromatic carbocycles. The predicted molar refractivity (Wildman–Crippen MR) is 286 cm³/mol. The molecule has 0 bridgehead atoms. The summed E-state index contributed by atoms with van der Waals surface area (Å²) in [4.78, 5) is 10.1. The number of benzene rings is 10. The molecule has 0 aliphatic carbocycles. The fraction of sp³-hybridized carbons (Fsp3) is 0. The van der Waals surface area contributed by atoms with E-state index < -0.39 is 0 Å². The first-order valence-corrected chi connectivity index (χ1v) is 23.7. The summed E-state index contributed by atoms with van der Waals surface area (Å²) in [6.45, 7) is -0.0745. The summed E-state index contributed by atoms with van der Waals surface area (Å²) in [6.07, 6.45) is 0. The van der Waals surface area contributed by atoms with E-state index in [0.717, 1.165) is 39.9 Å². The lowest BCUT2D eigenvalue weighted by atomic mass is 9.28. The van der Waals surface area contributed by atoms with Gasteiger partial charge in [-0.15, -0.1) is 0 Å². The van der Waals surface area contributed by atoms with Crippen molar-refractivity contribution in [2.24, 2.45) is 0 Å². The molecule has 16 rings (SSSR count). The first kappa shape index (κ1) is 36.6. The van der Waals surface area contributed by atoms with Crippen molar-refractivity contribution >= 4 is 138 Å². The van der Waals surface area contributed by atoms with Crippen LogP contribution < -0.4 is 73.5 Å². The fourth-order valence-corrected chi connectivity index (χ4v) is 12.9. The topological polar surface area (TPSA) is 22.2 Å². The molecule has 0 saturated heterocycles. The molecule has 8 heteroatoms. The molecular weight excluding hydrogens is 825 g/mol. The van der Waals surface area contributed by atoms with Gasteiger partial charge in [0.1, 0.15) is 11.5 Å². The minimum Gasteiger partial charge on any atom is -0.458 e. The summed E-state index contributed by atoms with van der Waals surface area (Å²) in [7, 11) is 0. The van der Waals surface area contributed by atoms with Crippen molar-refractivity contribution in [3.05, 3.63) is 224 Å².